The minimum absolute atomic E-state index is 0.142. The van der Waals surface area contributed by atoms with Crippen LogP contribution in [0.25, 0.3) is 10.9 Å². The zero-order chi connectivity index (χ0) is 29.4. The second kappa shape index (κ2) is 15.0. The molecular formula is C35H54BrN3O. The SMILES string of the molecule is CC1CCCC1.CCC(CCNC(C)(C)CC)C1=CCC(n2c(C(C)CC)nc(=O)c3c(Br)cccc32)C(C)=C1. The zero-order valence-corrected chi connectivity index (χ0v) is 28.0. The van der Waals surface area contributed by atoms with E-state index in [-0.39, 0.29) is 23.1 Å². The van der Waals surface area contributed by atoms with Gasteiger partial charge in [-0.25, -0.2) is 0 Å². The van der Waals surface area contributed by atoms with E-state index in [0.29, 0.717) is 11.3 Å². The predicted molar refractivity (Wildman–Crippen MR) is 176 cm³/mol. The molecule has 1 aromatic heterocycles. The summed E-state index contributed by atoms with van der Waals surface area (Å²) in [5.74, 6) is 2.71. The van der Waals surface area contributed by atoms with Crippen LogP contribution >= 0.6 is 15.9 Å². The van der Waals surface area contributed by atoms with E-state index in [1.165, 1.54) is 36.8 Å². The van der Waals surface area contributed by atoms with Crippen molar-refractivity contribution in [3.8, 4) is 0 Å². The molecule has 40 heavy (non-hydrogen) atoms. The first-order valence-electron chi connectivity index (χ1n) is 15.9. The third-order valence-electron chi connectivity index (χ3n) is 9.38. The Labute approximate surface area is 252 Å². The van der Waals surface area contributed by atoms with Crippen molar-refractivity contribution in [1.82, 2.24) is 14.9 Å². The molecular weight excluding hydrogens is 558 g/mol. The van der Waals surface area contributed by atoms with Crippen molar-refractivity contribution in [3.63, 3.8) is 0 Å². The van der Waals surface area contributed by atoms with Crippen LogP contribution in [-0.2, 0) is 0 Å². The number of fused-ring (bicyclic) bond motifs is 1. The Hall–Kier alpha value is -1.72. The lowest BCUT2D eigenvalue weighted by Gasteiger charge is -2.32. The molecule has 5 heteroatoms. The monoisotopic (exact) mass is 611 g/mol. The molecule has 2 aliphatic carbocycles. The quantitative estimate of drug-likeness (QED) is 0.291. The first kappa shape index (κ1) is 32.8. The molecule has 0 amide bonds. The van der Waals surface area contributed by atoms with Gasteiger partial charge in [-0.2, -0.15) is 4.98 Å². The van der Waals surface area contributed by atoms with Crippen LogP contribution in [0.4, 0.5) is 0 Å². The topological polar surface area (TPSA) is 46.9 Å². The van der Waals surface area contributed by atoms with Crippen LogP contribution in [0.1, 0.15) is 131 Å². The first-order valence-corrected chi connectivity index (χ1v) is 16.7. The van der Waals surface area contributed by atoms with E-state index in [1.54, 1.807) is 0 Å². The molecule has 1 N–H and O–H groups in total. The molecule has 0 spiro atoms. The average Bonchev–Trinajstić information content (AvgIpc) is 3.42. The highest BCUT2D eigenvalue weighted by Crippen LogP contribution is 2.37. The van der Waals surface area contributed by atoms with Crippen LogP contribution in [0.5, 0.6) is 0 Å². The molecule has 0 saturated heterocycles. The lowest BCUT2D eigenvalue weighted by Crippen LogP contribution is -2.39. The van der Waals surface area contributed by atoms with E-state index in [9.17, 15) is 4.79 Å². The van der Waals surface area contributed by atoms with Crippen molar-refractivity contribution >= 4 is 26.8 Å². The van der Waals surface area contributed by atoms with Gasteiger partial charge in [0.05, 0.1) is 16.9 Å². The fourth-order valence-corrected chi connectivity index (χ4v) is 6.54. The molecule has 4 rings (SSSR count). The van der Waals surface area contributed by atoms with Crippen molar-refractivity contribution in [3.05, 3.63) is 62.1 Å². The van der Waals surface area contributed by atoms with Crippen molar-refractivity contribution in [2.24, 2.45) is 11.8 Å². The highest BCUT2D eigenvalue weighted by molar-refractivity contribution is 9.10. The highest BCUT2D eigenvalue weighted by Gasteiger charge is 2.26. The average molecular weight is 613 g/mol. The van der Waals surface area contributed by atoms with Crippen LogP contribution in [-0.4, -0.2) is 21.6 Å². The molecule has 3 unspecified atom stereocenters. The Kier molecular flexibility index (Phi) is 12.3. The number of nitrogens with zero attached hydrogens (tertiary/aromatic N) is 2. The zero-order valence-electron chi connectivity index (χ0n) is 26.4. The standard InChI is InChI=1S/C29H42BrN3O.C6H12/c1-8-19(4)27-32-28(34)26-23(30)12-11-13-25(26)33(27)24-15-14-22(18-20(24)5)21(9-2)16-17-31-29(6,7)10-3;1-6-4-2-3-5-6/h11-14,18-19,21,24,31H,8-10,15-17H2,1-7H3;6H,2-5H2,1H3. The summed E-state index contributed by atoms with van der Waals surface area (Å²) in [5.41, 5.74) is 3.81. The van der Waals surface area contributed by atoms with E-state index >= 15 is 0 Å². The van der Waals surface area contributed by atoms with Gasteiger partial charge in [-0.15, -0.1) is 0 Å². The second-order valence-electron chi connectivity index (χ2n) is 12.9. The third kappa shape index (κ3) is 8.18. The number of halogens is 1. The van der Waals surface area contributed by atoms with Gasteiger partial charge < -0.3 is 9.88 Å². The Bertz CT molecular complexity index is 1240. The maximum Gasteiger partial charge on any atom is 0.281 e. The Balaban J connectivity index is 0.000000649. The summed E-state index contributed by atoms with van der Waals surface area (Å²) in [6.45, 7) is 19.0. The van der Waals surface area contributed by atoms with Crippen LogP contribution in [0.3, 0.4) is 0 Å². The van der Waals surface area contributed by atoms with Crippen molar-refractivity contribution in [2.45, 2.75) is 131 Å². The summed E-state index contributed by atoms with van der Waals surface area (Å²) in [7, 11) is 0. The molecule has 3 atom stereocenters. The van der Waals surface area contributed by atoms with Crippen LogP contribution < -0.4 is 10.9 Å². The van der Waals surface area contributed by atoms with Crippen LogP contribution in [0.15, 0.2) is 50.8 Å². The number of hydrogen-bond acceptors (Lipinski definition) is 3. The molecule has 4 nitrogen and oxygen atoms in total. The predicted octanol–water partition coefficient (Wildman–Crippen LogP) is 9.88. The Morgan fingerprint density at radius 1 is 1.15 bits per heavy atom. The van der Waals surface area contributed by atoms with Gasteiger partial charge in [0.15, 0.2) is 0 Å². The molecule has 0 aliphatic heterocycles. The summed E-state index contributed by atoms with van der Waals surface area (Å²) < 4.78 is 3.15. The van der Waals surface area contributed by atoms with E-state index in [4.69, 9.17) is 0 Å². The van der Waals surface area contributed by atoms with E-state index in [2.05, 4.69) is 104 Å². The van der Waals surface area contributed by atoms with Gasteiger partial charge in [0.2, 0.25) is 0 Å². The summed E-state index contributed by atoms with van der Waals surface area (Å²) in [4.78, 5) is 17.5. The summed E-state index contributed by atoms with van der Waals surface area (Å²) in [6.07, 6.45) is 16.1. The Morgan fingerprint density at radius 2 is 1.85 bits per heavy atom. The third-order valence-corrected chi connectivity index (χ3v) is 10.0. The van der Waals surface area contributed by atoms with Crippen molar-refractivity contribution in [2.75, 3.05) is 6.54 Å². The molecule has 0 radical (unpaired) electrons. The lowest BCUT2D eigenvalue weighted by atomic mass is 9.85. The number of aromatic nitrogens is 2. The van der Waals surface area contributed by atoms with Crippen molar-refractivity contribution < 1.29 is 0 Å². The molecule has 222 valence electrons. The van der Waals surface area contributed by atoms with Gasteiger partial charge in [-0.3, -0.25) is 4.79 Å². The molecule has 1 heterocycles. The maximum absolute atomic E-state index is 12.9. The van der Waals surface area contributed by atoms with Crippen LogP contribution in [0, 0.1) is 11.8 Å². The summed E-state index contributed by atoms with van der Waals surface area (Å²) in [6, 6.07) is 6.19. The lowest BCUT2D eigenvalue weighted by molar-refractivity contribution is 0.359. The van der Waals surface area contributed by atoms with Crippen molar-refractivity contribution in [1.29, 1.82) is 0 Å². The first-order chi connectivity index (χ1) is 19.0. The molecule has 0 bridgehead atoms. The largest absolute Gasteiger partial charge is 0.321 e. The van der Waals surface area contributed by atoms with E-state index < -0.39 is 0 Å². The molecule has 1 aromatic carbocycles. The number of hydrogen-bond donors (Lipinski definition) is 1. The smallest absolute Gasteiger partial charge is 0.281 e. The summed E-state index contributed by atoms with van der Waals surface area (Å²) in [5, 5.41) is 4.40. The van der Waals surface area contributed by atoms with Gasteiger partial charge >= 0.3 is 0 Å². The highest BCUT2D eigenvalue weighted by atomic mass is 79.9. The fraction of sp³-hybridized carbons (Fsp3) is 0.657. The normalized spacial score (nSPS) is 19.6. The molecule has 1 saturated carbocycles. The van der Waals surface area contributed by atoms with Gasteiger partial charge in [0.1, 0.15) is 5.82 Å². The number of allylic oxidation sites excluding steroid dienone is 4. The van der Waals surface area contributed by atoms with Crippen LogP contribution in [0.2, 0.25) is 0 Å². The summed E-state index contributed by atoms with van der Waals surface area (Å²) >= 11 is 3.59. The minimum atomic E-state index is -0.142. The molecule has 2 aromatic rings. The van der Waals surface area contributed by atoms with Gasteiger partial charge in [-0.05, 0) is 110 Å². The maximum atomic E-state index is 12.9. The Morgan fingerprint density at radius 3 is 2.40 bits per heavy atom. The fourth-order valence-electron chi connectivity index (χ4n) is 6.01. The van der Waals surface area contributed by atoms with Gasteiger partial charge in [0.25, 0.3) is 5.56 Å². The van der Waals surface area contributed by atoms with E-state index in [0.717, 1.165) is 60.4 Å². The number of benzene rings is 1. The van der Waals surface area contributed by atoms with Gasteiger partial charge in [-0.1, -0.05) is 78.5 Å². The van der Waals surface area contributed by atoms with E-state index in [1.807, 2.05) is 12.1 Å². The minimum Gasteiger partial charge on any atom is -0.321 e. The number of nitrogens with one attached hydrogen (secondary N) is 1. The molecule has 1 fully saturated rings. The number of rotatable bonds is 10. The second-order valence-corrected chi connectivity index (χ2v) is 13.7. The van der Waals surface area contributed by atoms with Gasteiger partial charge in [0, 0.05) is 15.9 Å². The molecule has 2 aliphatic rings.